The average Bonchev–Trinajstić information content (AvgIpc) is 3.09. The molecule has 0 bridgehead atoms. The lowest BCUT2D eigenvalue weighted by Crippen LogP contribution is -2.01. The van der Waals surface area contributed by atoms with Crippen molar-refractivity contribution in [2.45, 2.75) is 13.5 Å². The largest absolute Gasteiger partial charge is 0.382 e. The van der Waals surface area contributed by atoms with Gasteiger partial charge in [-0.3, -0.25) is 4.68 Å². The number of aryl methyl sites for hydroxylation is 2. The average molecular weight is 306 g/mol. The Morgan fingerprint density at radius 1 is 1.45 bits per heavy atom. The zero-order valence-electron chi connectivity index (χ0n) is 11.1. The van der Waals surface area contributed by atoms with Crippen LogP contribution in [0.25, 0.3) is 11.3 Å². The third kappa shape index (κ3) is 2.52. The highest BCUT2D eigenvalue weighted by atomic mass is 32.1. The minimum absolute atomic E-state index is 0.517. The van der Waals surface area contributed by atoms with Gasteiger partial charge < -0.3 is 11.1 Å². The van der Waals surface area contributed by atoms with E-state index in [1.54, 1.807) is 16.0 Å². The van der Waals surface area contributed by atoms with Crippen LogP contribution < -0.4 is 11.1 Å². The van der Waals surface area contributed by atoms with Gasteiger partial charge in [0.05, 0.1) is 28.5 Å². The van der Waals surface area contributed by atoms with Gasteiger partial charge in [0.2, 0.25) is 0 Å². The summed E-state index contributed by atoms with van der Waals surface area (Å²) < 4.78 is 6.00. The lowest BCUT2D eigenvalue weighted by atomic mass is 10.2. The minimum Gasteiger partial charge on any atom is -0.382 e. The second-order valence-electron chi connectivity index (χ2n) is 4.36. The molecular formula is C12H14N6S2. The molecule has 0 aliphatic rings. The Kier molecular flexibility index (Phi) is 3.41. The number of nitrogens with zero attached hydrogens (tertiary/aromatic N) is 4. The van der Waals surface area contributed by atoms with Gasteiger partial charge in [-0.15, -0.1) is 11.3 Å². The fraction of sp³-hybridized carbons (Fsp3) is 0.250. The quantitative estimate of drug-likeness (QED) is 0.774. The van der Waals surface area contributed by atoms with Gasteiger partial charge in [-0.1, -0.05) is 0 Å². The van der Waals surface area contributed by atoms with Gasteiger partial charge in [0.1, 0.15) is 10.8 Å². The predicted molar refractivity (Wildman–Crippen MR) is 82.9 cm³/mol. The molecule has 0 radical (unpaired) electrons. The Morgan fingerprint density at radius 3 is 2.95 bits per heavy atom. The van der Waals surface area contributed by atoms with Gasteiger partial charge >= 0.3 is 0 Å². The molecule has 6 nitrogen and oxygen atoms in total. The van der Waals surface area contributed by atoms with E-state index in [1.165, 1.54) is 11.5 Å². The number of rotatable bonds is 4. The highest BCUT2D eigenvalue weighted by Crippen LogP contribution is 2.37. The number of anilines is 2. The Bertz CT molecular complexity index is 726. The smallest absolute Gasteiger partial charge is 0.148 e. The first-order chi connectivity index (χ1) is 9.63. The van der Waals surface area contributed by atoms with E-state index >= 15 is 0 Å². The molecule has 0 aliphatic carbocycles. The predicted octanol–water partition coefficient (Wildman–Crippen LogP) is 2.50. The first-order valence-corrected chi connectivity index (χ1v) is 7.69. The standard InChI is InChI=1S/C12H14N6S2/c1-7-15-9(6-19-7)10-11(13)17-20-12(10)14-5-8-3-4-18(2)16-8/h3-4,6,14H,5H2,1-2H3,(H2,13,17). The van der Waals surface area contributed by atoms with Gasteiger partial charge in [0.25, 0.3) is 0 Å². The molecule has 0 amide bonds. The van der Waals surface area contributed by atoms with Crippen LogP contribution in [0.4, 0.5) is 10.8 Å². The Hall–Kier alpha value is -1.93. The van der Waals surface area contributed by atoms with Crippen molar-refractivity contribution in [2.75, 3.05) is 11.1 Å². The SMILES string of the molecule is Cc1nc(-c2c(N)nsc2NCc2ccn(C)n2)cs1. The van der Waals surface area contributed by atoms with Crippen LogP contribution >= 0.6 is 22.9 Å². The summed E-state index contributed by atoms with van der Waals surface area (Å²) in [6, 6.07) is 1.98. The highest BCUT2D eigenvalue weighted by molar-refractivity contribution is 7.11. The number of thiazole rings is 1. The minimum atomic E-state index is 0.517. The maximum atomic E-state index is 5.96. The van der Waals surface area contributed by atoms with Crippen molar-refractivity contribution < 1.29 is 0 Å². The number of hydrogen-bond acceptors (Lipinski definition) is 7. The van der Waals surface area contributed by atoms with Crippen LogP contribution in [0.5, 0.6) is 0 Å². The van der Waals surface area contributed by atoms with Crippen molar-refractivity contribution in [3.8, 4) is 11.3 Å². The van der Waals surface area contributed by atoms with Crippen LogP contribution in [0.15, 0.2) is 17.6 Å². The Morgan fingerprint density at radius 2 is 2.30 bits per heavy atom. The summed E-state index contributed by atoms with van der Waals surface area (Å²) in [5, 5.41) is 11.6. The molecule has 0 saturated carbocycles. The van der Waals surface area contributed by atoms with Crippen molar-refractivity contribution in [3.05, 3.63) is 28.3 Å². The van der Waals surface area contributed by atoms with Gasteiger partial charge in [-0.25, -0.2) is 4.98 Å². The molecule has 0 spiro atoms. The van der Waals surface area contributed by atoms with E-state index in [9.17, 15) is 0 Å². The van der Waals surface area contributed by atoms with E-state index in [0.29, 0.717) is 12.4 Å². The maximum Gasteiger partial charge on any atom is 0.148 e. The van der Waals surface area contributed by atoms with E-state index < -0.39 is 0 Å². The van der Waals surface area contributed by atoms with Crippen LogP contribution in [0.2, 0.25) is 0 Å². The lowest BCUT2D eigenvalue weighted by molar-refractivity contribution is 0.747. The molecule has 20 heavy (non-hydrogen) atoms. The summed E-state index contributed by atoms with van der Waals surface area (Å²) in [4.78, 5) is 4.48. The number of aromatic nitrogens is 4. The van der Waals surface area contributed by atoms with E-state index in [-0.39, 0.29) is 0 Å². The summed E-state index contributed by atoms with van der Waals surface area (Å²) in [5.74, 6) is 0.517. The number of nitrogen functional groups attached to an aromatic ring is 1. The van der Waals surface area contributed by atoms with Crippen LogP contribution in [0, 0.1) is 6.92 Å². The first kappa shape index (κ1) is 13.1. The molecule has 104 valence electrons. The van der Waals surface area contributed by atoms with Gasteiger partial charge in [0, 0.05) is 18.6 Å². The Labute approximate surface area is 124 Å². The maximum absolute atomic E-state index is 5.96. The number of nitrogens with one attached hydrogen (secondary N) is 1. The molecule has 8 heteroatoms. The van der Waals surface area contributed by atoms with Crippen molar-refractivity contribution in [2.24, 2.45) is 7.05 Å². The van der Waals surface area contributed by atoms with E-state index in [2.05, 4.69) is 19.8 Å². The third-order valence-corrected chi connectivity index (χ3v) is 4.39. The van der Waals surface area contributed by atoms with E-state index in [4.69, 9.17) is 5.73 Å². The number of hydrogen-bond donors (Lipinski definition) is 2. The molecule has 3 aromatic rings. The van der Waals surface area contributed by atoms with Gasteiger partial charge in [-0.05, 0) is 24.5 Å². The van der Waals surface area contributed by atoms with Crippen molar-refractivity contribution >= 4 is 33.7 Å². The zero-order valence-corrected chi connectivity index (χ0v) is 12.8. The van der Waals surface area contributed by atoms with Crippen molar-refractivity contribution in [1.82, 2.24) is 19.1 Å². The first-order valence-electron chi connectivity index (χ1n) is 6.03. The molecule has 0 fully saturated rings. The molecule has 3 N–H and O–H groups in total. The lowest BCUT2D eigenvalue weighted by Gasteiger charge is -2.03. The molecule has 0 aromatic carbocycles. The molecule has 3 rings (SSSR count). The van der Waals surface area contributed by atoms with Crippen LogP contribution in [-0.4, -0.2) is 19.1 Å². The Balaban J connectivity index is 1.83. The summed E-state index contributed by atoms with van der Waals surface area (Å²) in [5.41, 5.74) is 8.69. The monoisotopic (exact) mass is 306 g/mol. The molecule has 0 unspecified atom stereocenters. The molecule has 0 atom stereocenters. The second kappa shape index (κ2) is 5.22. The molecule has 3 aromatic heterocycles. The summed E-state index contributed by atoms with van der Waals surface area (Å²) in [7, 11) is 1.90. The normalized spacial score (nSPS) is 10.9. The second-order valence-corrected chi connectivity index (χ2v) is 6.19. The van der Waals surface area contributed by atoms with E-state index in [0.717, 1.165) is 27.0 Å². The molecule has 0 aliphatic heterocycles. The van der Waals surface area contributed by atoms with Crippen molar-refractivity contribution in [3.63, 3.8) is 0 Å². The molecular weight excluding hydrogens is 292 g/mol. The van der Waals surface area contributed by atoms with Crippen LogP contribution in [-0.2, 0) is 13.6 Å². The molecule has 0 saturated heterocycles. The van der Waals surface area contributed by atoms with Crippen LogP contribution in [0.3, 0.4) is 0 Å². The van der Waals surface area contributed by atoms with Gasteiger partial charge in [-0.2, -0.15) is 9.47 Å². The highest BCUT2D eigenvalue weighted by Gasteiger charge is 2.16. The van der Waals surface area contributed by atoms with E-state index in [1.807, 2.05) is 31.6 Å². The summed E-state index contributed by atoms with van der Waals surface area (Å²) in [6.45, 7) is 2.61. The fourth-order valence-corrected chi connectivity index (χ4v) is 3.20. The third-order valence-electron chi connectivity index (χ3n) is 2.79. The zero-order chi connectivity index (χ0) is 14.1. The molecule has 3 heterocycles. The van der Waals surface area contributed by atoms with Crippen LogP contribution in [0.1, 0.15) is 10.7 Å². The van der Waals surface area contributed by atoms with Crippen molar-refractivity contribution in [1.29, 1.82) is 0 Å². The summed E-state index contributed by atoms with van der Waals surface area (Å²) >= 11 is 2.95. The number of nitrogens with two attached hydrogens (primary N) is 1. The fourth-order valence-electron chi connectivity index (χ4n) is 1.88. The summed E-state index contributed by atoms with van der Waals surface area (Å²) in [6.07, 6.45) is 1.92. The topological polar surface area (TPSA) is 81.6 Å². The van der Waals surface area contributed by atoms with Gasteiger partial charge in [0.15, 0.2) is 0 Å².